The van der Waals surface area contributed by atoms with Crippen LogP contribution in [0.3, 0.4) is 0 Å². The molecule has 6 nitrogen and oxygen atoms in total. The van der Waals surface area contributed by atoms with Gasteiger partial charge < -0.3 is 15.4 Å². The Morgan fingerprint density at radius 2 is 1.90 bits per heavy atom. The first-order chi connectivity index (χ1) is 14.5. The zero-order valence-electron chi connectivity index (χ0n) is 16.8. The first-order valence-electron chi connectivity index (χ1n) is 10.6. The van der Waals surface area contributed by atoms with Crippen LogP contribution in [0.1, 0.15) is 35.7 Å². The van der Waals surface area contributed by atoms with Crippen molar-refractivity contribution in [3.8, 4) is 0 Å². The minimum atomic E-state index is -0.338. The van der Waals surface area contributed by atoms with Gasteiger partial charge in [0, 0.05) is 22.9 Å². The molecular formula is C24H24N2O4. The summed E-state index contributed by atoms with van der Waals surface area (Å²) in [5.41, 5.74) is 2.87. The Labute approximate surface area is 175 Å². The molecule has 0 unspecified atom stereocenters. The summed E-state index contributed by atoms with van der Waals surface area (Å²) in [7, 11) is 0. The average Bonchev–Trinajstić information content (AvgIpc) is 3.37. The van der Waals surface area contributed by atoms with Gasteiger partial charge in [-0.3, -0.25) is 14.4 Å². The summed E-state index contributed by atoms with van der Waals surface area (Å²) in [4.78, 5) is 37.9. The second-order valence-corrected chi connectivity index (χ2v) is 8.46. The van der Waals surface area contributed by atoms with Crippen LogP contribution in [-0.4, -0.2) is 23.9 Å². The number of hydrogen-bond donors (Lipinski definition) is 2. The zero-order valence-corrected chi connectivity index (χ0v) is 16.8. The van der Waals surface area contributed by atoms with E-state index in [1.165, 1.54) is 0 Å². The smallest absolute Gasteiger partial charge is 0.310 e. The molecule has 30 heavy (non-hydrogen) atoms. The van der Waals surface area contributed by atoms with E-state index in [1.807, 2.05) is 31.2 Å². The maximum Gasteiger partial charge on any atom is 0.310 e. The second-order valence-electron chi connectivity index (χ2n) is 8.46. The van der Waals surface area contributed by atoms with E-state index in [0.717, 1.165) is 30.5 Å². The lowest BCUT2D eigenvalue weighted by Crippen LogP contribution is -2.35. The summed E-state index contributed by atoms with van der Waals surface area (Å²) in [5, 5.41) is 5.88. The molecule has 2 aromatic carbocycles. The molecule has 1 aliphatic heterocycles. The third-order valence-corrected chi connectivity index (χ3v) is 6.82. The minimum absolute atomic E-state index is 0.00886. The van der Waals surface area contributed by atoms with E-state index in [1.54, 1.807) is 24.3 Å². The molecule has 6 heteroatoms. The van der Waals surface area contributed by atoms with Gasteiger partial charge in [-0.15, -0.1) is 0 Å². The van der Waals surface area contributed by atoms with Crippen molar-refractivity contribution in [2.24, 2.45) is 23.7 Å². The lowest BCUT2D eigenvalue weighted by atomic mass is 9.79. The quantitative estimate of drug-likeness (QED) is 0.745. The van der Waals surface area contributed by atoms with Crippen LogP contribution in [-0.2, 0) is 20.7 Å². The molecule has 2 saturated carbocycles. The topological polar surface area (TPSA) is 84.5 Å². The van der Waals surface area contributed by atoms with Crippen molar-refractivity contribution in [3.63, 3.8) is 0 Å². The van der Waals surface area contributed by atoms with Gasteiger partial charge in [0.05, 0.1) is 11.8 Å². The van der Waals surface area contributed by atoms with Crippen LogP contribution in [0.4, 0.5) is 11.4 Å². The van der Waals surface area contributed by atoms with Crippen LogP contribution in [0.5, 0.6) is 0 Å². The molecule has 1 saturated heterocycles. The van der Waals surface area contributed by atoms with Gasteiger partial charge in [0.15, 0.2) is 0 Å². The number of para-hydroxylation sites is 1. The van der Waals surface area contributed by atoms with Gasteiger partial charge in [-0.1, -0.05) is 31.2 Å². The van der Waals surface area contributed by atoms with Crippen molar-refractivity contribution in [2.75, 3.05) is 10.6 Å². The number of rotatable bonds is 5. The number of ether oxygens (including phenoxy) is 1. The largest absolute Gasteiger partial charge is 0.462 e. The minimum Gasteiger partial charge on any atom is -0.462 e. The van der Waals surface area contributed by atoms with E-state index in [2.05, 4.69) is 10.6 Å². The lowest BCUT2D eigenvalue weighted by molar-refractivity contribution is -0.145. The summed E-state index contributed by atoms with van der Waals surface area (Å²) in [6, 6.07) is 14.6. The predicted octanol–water partition coefficient (Wildman–Crippen LogP) is 3.64. The van der Waals surface area contributed by atoms with E-state index in [9.17, 15) is 14.4 Å². The number of anilines is 2. The molecule has 5 atom stereocenters. The molecule has 2 N–H and O–H groups in total. The number of esters is 1. The van der Waals surface area contributed by atoms with Gasteiger partial charge in [0.1, 0.15) is 6.10 Å². The number of benzene rings is 2. The average molecular weight is 404 g/mol. The summed E-state index contributed by atoms with van der Waals surface area (Å²) in [5.74, 6) is -0.871. The number of carbonyl (C=O) groups excluding carboxylic acids is 3. The Balaban J connectivity index is 1.30. The standard InChI is InChI=1S/C24H24N2O4/c1-2-13-6-3-4-9-18(13)26-22(27)14-7-5-8-16(10-14)25-23(28)20-15-11-17-19(12-15)30-24(29)21(17)20/h3-10,15,17,19-21H,2,11-12H2,1H3,(H,25,28)(H,26,27)/t15-,17+,19+,20-,21+/m1/s1. The predicted molar refractivity (Wildman–Crippen MR) is 112 cm³/mol. The molecule has 2 bridgehead atoms. The Morgan fingerprint density at radius 3 is 2.73 bits per heavy atom. The summed E-state index contributed by atoms with van der Waals surface area (Å²) in [6.07, 6.45) is 2.50. The fraction of sp³-hybridized carbons (Fsp3) is 0.375. The van der Waals surface area contributed by atoms with Crippen molar-refractivity contribution in [1.82, 2.24) is 0 Å². The zero-order chi connectivity index (χ0) is 20.8. The van der Waals surface area contributed by atoms with Gasteiger partial charge in [-0.25, -0.2) is 0 Å². The molecular weight excluding hydrogens is 380 g/mol. The van der Waals surface area contributed by atoms with Gasteiger partial charge in [-0.2, -0.15) is 0 Å². The highest BCUT2D eigenvalue weighted by atomic mass is 16.6. The molecule has 2 amide bonds. The Hall–Kier alpha value is -3.15. The monoisotopic (exact) mass is 404 g/mol. The van der Waals surface area contributed by atoms with Gasteiger partial charge in [-0.05, 0) is 55.0 Å². The fourth-order valence-electron chi connectivity index (χ4n) is 5.47. The number of hydrogen-bond acceptors (Lipinski definition) is 4. The lowest BCUT2D eigenvalue weighted by Gasteiger charge is -2.23. The van der Waals surface area contributed by atoms with Crippen molar-refractivity contribution < 1.29 is 19.1 Å². The fourth-order valence-corrected chi connectivity index (χ4v) is 5.47. The first-order valence-corrected chi connectivity index (χ1v) is 10.6. The molecule has 2 aliphatic carbocycles. The van der Waals surface area contributed by atoms with E-state index < -0.39 is 0 Å². The normalized spacial score (nSPS) is 28.3. The number of nitrogens with one attached hydrogen (secondary N) is 2. The highest BCUT2D eigenvalue weighted by Crippen LogP contribution is 2.57. The van der Waals surface area contributed by atoms with Crippen LogP contribution in [0, 0.1) is 23.7 Å². The summed E-state index contributed by atoms with van der Waals surface area (Å²) in [6.45, 7) is 2.04. The molecule has 0 spiro atoms. The van der Waals surface area contributed by atoms with Crippen LogP contribution < -0.4 is 10.6 Å². The van der Waals surface area contributed by atoms with Gasteiger partial charge in [0.2, 0.25) is 5.91 Å². The summed E-state index contributed by atoms with van der Waals surface area (Å²) < 4.78 is 5.42. The van der Waals surface area contributed by atoms with Crippen LogP contribution in [0.15, 0.2) is 48.5 Å². The van der Waals surface area contributed by atoms with Crippen molar-refractivity contribution >= 4 is 29.2 Å². The molecule has 154 valence electrons. The van der Waals surface area contributed by atoms with Crippen molar-refractivity contribution in [3.05, 3.63) is 59.7 Å². The molecule has 3 fully saturated rings. The van der Waals surface area contributed by atoms with Gasteiger partial charge in [0.25, 0.3) is 5.91 Å². The molecule has 1 heterocycles. The third kappa shape index (κ3) is 3.07. The number of aryl methyl sites for hydroxylation is 1. The number of amides is 2. The number of carbonyl (C=O) groups is 3. The van der Waals surface area contributed by atoms with E-state index in [-0.39, 0.29) is 47.6 Å². The maximum absolute atomic E-state index is 13.0. The number of fused-ring (bicyclic) bond motifs is 1. The van der Waals surface area contributed by atoms with Crippen LogP contribution in [0.2, 0.25) is 0 Å². The van der Waals surface area contributed by atoms with E-state index >= 15 is 0 Å². The molecule has 2 aromatic rings. The van der Waals surface area contributed by atoms with E-state index in [4.69, 9.17) is 4.74 Å². The molecule has 3 aliphatic rings. The molecule has 5 rings (SSSR count). The summed E-state index contributed by atoms with van der Waals surface area (Å²) >= 11 is 0. The molecule has 0 aromatic heterocycles. The first kappa shape index (κ1) is 18.9. The third-order valence-electron chi connectivity index (χ3n) is 6.82. The highest BCUT2D eigenvalue weighted by molar-refractivity contribution is 6.06. The SMILES string of the molecule is CCc1ccccc1NC(=O)c1cccc(NC(=O)[C@@H]2[C@@H]3C[C@@H]4[C@@H]2C(=O)O[C@H]4C3)c1. The van der Waals surface area contributed by atoms with Crippen molar-refractivity contribution in [1.29, 1.82) is 0 Å². The van der Waals surface area contributed by atoms with Crippen LogP contribution >= 0.6 is 0 Å². The Bertz CT molecular complexity index is 1030. The van der Waals surface area contributed by atoms with Crippen LogP contribution in [0.25, 0.3) is 0 Å². The van der Waals surface area contributed by atoms with Crippen molar-refractivity contribution in [2.45, 2.75) is 32.3 Å². The second kappa shape index (κ2) is 7.27. The van der Waals surface area contributed by atoms with E-state index in [0.29, 0.717) is 11.3 Å². The Morgan fingerprint density at radius 1 is 1.07 bits per heavy atom. The Kier molecular flexibility index (Phi) is 4.57. The van der Waals surface area contributed by atoms with Gasteiger partial charge >= 0.3 is 5.97 Å². The molecule has 0 radical (unpaired) electrons. The maximum atomic E-state index is 13.0. The highest BCUT2D eigenvalue weighted by Gasteiger charge is 2.63.